The Morgan fingerprint density at radius 1 is 0.889 bits per heavy atom. The van der Waals surface area contributed by atoms with E-state index in [0.29, 0.717) is 13.1 Å². The molecule has 0 aliphatic carbocycles. The van der Waals surface area contributed by atoms with Crippen molar-refractivity contribution in [3.05, 3.63) is 11.5 Å². The molecule has 0 amide bonds. The van der Waals surface area contributed by atoms with Crippen LogP contribution in [0, 0.1) is 0 Å². The molecule has 0 aliphatic rings. The average Bonchev–Trinajstić information content (AvgIpc) is 1.88. The summed E-state index contributed by atoms with van der Waals surface area (Å²) >= 11 is 0. The van der Waals surface area contributed by atoms with E-state index in [0.717, 1.165) is 12.8 Å². The van der Waals surface area contributed by atoms with Crippen molar-refractivity contribution in [2.24, 2.45) is 0 Å². The quantitative estimate of drug-likeness (QED) is 0.552. The first-order chi connectivity index (χ1) is 3.83. The van der Waals surface area contributed by atoms with E-state index in [4.69, 9.17) is 11.5 Å². The molecule has 3 heteroatoms. The maximum absolute atomic E-state index is 6.45. The Kier molecular flexibility index (Phi) is 42.3. The van der Waals surface area contributed by atoms with Gasteiger partial charge >= 0.3 is 37.7 Å². The summed E-state index contributed by atoms with van der Waals surface area (Å²) in [5.41, 5.74) is 12.9. The maximum Gasteiger partial charge on any atom is 2.00 e. The molecule has 0 saturated carbocycles. The maximum atomic E-state index is 6.45. The fourth-order valence-electron chi connectivity index (χ4n) is 0. The SMILES string of the molecule is CCC[NH-].CCC[NH-].[Ca+2]. The largest absolute Gasteiger partial charge is 2.00 e. The molecular formula is C6H16CaN2. The Balaban J connectivity index is -0.0000000720. The van der Waals surface area contributed by atoms with Crippen molar-refractivity contribution in [2.45, 2.75) is 26.7 Å². The minimum Gasteiger partial charge on any atom is -0.677 e. The third kappa shape index (κ3) is 46.8. The first-order valence-electron chi connectivity index (χ1n) is 3.12. The fourth-order valence-corrected chi connectivity index (χ4v) is 0. The summed E-state index contributed by atoms with van der Waals surface area (Å²) in [5, 5.41) is 0. The van der Waals surface area contributed by atoms with Gasteiger partial charge in [-0.15, -0.1) is 0 Å². The van der Waals surface area contributed by atoms with Gasteiger partial charge in [-0.1, -0.05) is 26.7 Å². The standard InChI is InChI=1S/2C3H8N.Ca/c2*1-2-3-4;/h2*4H,2-3H2,1H3;/q2*-1;+2. The Bertz CT molecular complexity index is 19.0. The van der Waals surface area contributed by atoms with Crippen molar-refractivity contribution in [3.63, 3.8) is 0 Å². The first kappa shape index (κ1) is 16.6. The summed E-state index contributed by atoms with van der Waals surface area (Å²) in [6.45, 7) is 5.12. The molecule has 0 aromatic carbocycles. The van der Waals surface area contributed by atoms with Crippen LogP contribution < -0.4 is 0 Å². The molecule has 0 aliphatic heterocycles. The molecule has 0 bridgehead atoms. The van der Waals surface area contributed by atoms with Crippen LogP contribution in [-0.4, -0.2) is 50.8 Å². The van der Waals surface area contributed by atoms with Crippen molar-refractivity contribution >= 4 is 37.7 Å². The number of hydrogen-bond donors (Lipinski definition) is 0. The Hall–Kier alpha value is 1.18. The topological polar surface area (TPSA) is 47.6 Å². The van der Waals surface area contributed by atoms with Gasteiger partial charge in [-0.3, -0.25) is 0 Å². The molecule has 2 N–H and O–H groups in total. The van der Waals surface area contributed by atoms with Gasteiger partial charge < -0.3 is 11.5 Å². The third-order valence-corrected chi connectivity index (χ3v) is 0.500. The number of hydrogen-bond acceptors (Lipinski definition) is 0. The first-order valence-corrected chi connectivity index (χ1v) is 3.12. The molecular weight excluding hydrogens is 140 g/mol. The second-order valence-corrected chi connectivity index (χ2v) is 1.50. The van der Waals surface area contributed by atoms with Crippen molar-refractivity contribution in [1.29, 1.82) is 0 Å². The van der Waals surface area contributed by atoms with E-state index in [2.05, 4.69) is 0 Å². The molecule has 0 atom stereocenters. The van der Waals surface area contributed by atoms with Crippen LogP contribution in [0.5, 0.6) is 0 Å². The Morgan fingerprint density at radius 2 is 1.00 bits per heavy atom. The van der Waals surface area contributed by atoms with E-state index >= 15 is 0 Å². The van der Waals surface area contributed by atoms with Gasteiger partial charge in [-0.25, -0.2) is 0 Å². The molecule has 0 spiro atoms. The summed E-state index contributed by atoms with van der Waals surface area (Å²) in [7, 11) is 0. The molecule has 0 aromatic heterocycles. The van der Waals surface area contributed by atoms with Gasteiger partial charge in [0.1, 0.15) is 0 Å². The van der Waals surface area contributed by atoms with E-state index in [1.165, 1.54) is 0 Å². The van der Waals surface area contributed by atoms with E-state index in [-0.39, 0.29) is 37.7 Å². The zero-order chi connectivity index (χ0) is 6.83. The van der Waals surface area contributed by atoms with Crippen LogP contribution in [0.3, 0.4) is 0 Å². The fraction of sp³-hybridized carbons (Fsp3) is 1.00. The number of nitrogens with one attached hydrogen (secondary N) is 2. The summed E-state index contributed by atoms with van der Waals surface area (Å²) in [6.07, 6.45) is 1.97. The minimum absolute atomic E-state index is 0. The molecule has 9 heavy (non-hydrogen) atoms. The zero-order valence-corrected chi connectivity index (χ0v) is 8.74. The van der Waals surface area contributed by atoms with E-state index < -0.39 is 0 Å². The van der Waals surface area contributed by atoms with Crippen molar-refractivity contribution in [3.8, 4) is 0 Å². The van der Waals surface area contributed by atoms with Gasteiger partial charge in [0.05, 0.1) is 0 Å². The summed E-state index contributed by atoms with van der Waals surface area (Å²) < 4.78 is 0. The summed E-state index contributed by atoms with van der Waals surface area (Å²) in [5.74, 6) is 0. The van der Waals surface area contributed by atoms with Crippen LogP contribution in [0.25, 0.3) is 11.5 Å². The summed E-state index contributed by atoms with van der Waals surface area (Å²) in [4.78, 5) is 0. The van der Waals surface area contributed by atoms with E-state index in [1.54, 1.807) is 0 Å². The smallest absolute Gasteiger partial charge is 0.677 e. The van der Waals surface area contributed by atoms with Gasteiger partial charge in [-0.2, -0.15) is 13.1 Å². The molecule has 0 saturated heterocycles. The number of rotatable bonds is 2. The monoisotopic (exact) mass is 156 g/mol. The molecule has 0 rings (SSSR count). The predicted molar refractivity (Wildman–Crippen MR) is 44.7 cm³/mol. The molecule has 0 aromatic rings. The normalized spacial score (nSPS) is 6.67. The van der Waals surface area contributed by atoms with E-state index in [1.807, 2.05) is 13.8 Å². The average molecular weight is 156 g/mol. The zero-order valence-electron chi connectivity index (χ0n) is 6.54. The second kappa shape index (κ2) is 22.9. The van der Waals surface area contributed by atoms with Gasteiger partial charge in [0.25, 0.3) is 0 Å². The molecule has 0 radical (unpaired) electrons. The van der Waals surface area contributed by atoms with Crippen LogP contribution in [0.1, 0.15) is 26.7 Å². The molecule has 0 heterocycles. The third-order valence-electron chi connectivity index (χ3n) is 0.500. The van der Waals surface area contributed by atoms with Gasteiger partial charge in [-0.05, 0) is 0 Å². The van der Waals surface area contributed by atoms with Crippen LogP contribution in [-0.2, 0) is 0 Å². The molecule has 0 fully saturated rings. The van der Waals surface area contributed by atoms with Gasteiger partial charge in [0, 0.05) is 0 Å². The Labute approximate surface area is 88.4 Å². The van der Waals surface area contributed by atoms with Crippen LogP contribution in [0.4, 0.5) is 0 Å². The van der Waals surface area contributed by atoms with Crippen LogP contribution >= 0.6 is 0 Å². The molecule has 2 nitrogen and oxygen atoms in total. The van der Waals surface area contributed by atoms with Crippen molar-refractivity contribution < 1.29 is 0 Å². The van der Waals surface area contributed by atoms with Gasteiger partial charge in [0.2, 0.25) is 0 Å². The summed E-state index contributed by atoms with van der Waals surface area (Å²) in [6, 6.07) is 0. The van der Waals surface area contributed by atoms with Gasteiger partial charge in [0.15, 0.2) is 0 Å². The minimum atomic E-state index is 0. The second-order valence-electron chi connectivity index (χ2n) is 1.50. The Morgan fingerprint density at radius 3 is 1.00 bits per heavy atom. The predicted octanol–water partition coefficient (Wildman–Crippen LogP) is 2.52. The van der Waals surface area contributed by atoms with Crippen LogP contribution in [0.2, 0.25) is 0 Å². The van der Waals surface area contributed by atoms with Crippen LogP contribution in [0.15, 0.2) is 0 Å². The molecule has 52 valence electrons. The van der Waals surface area contributed by atoms with Crippen molar-refractivity contribution in [2.75, 3.05) is 13.1 Å². The van der Waals surface area contributed by atoms with E-state index in [9.17, 15) is 0 Å². The molecule has 0 unspecified atom stereocenters. The van der Waals surface area contributed by atoms with Crippen molar-refractivity contribution in [1.82, 2.24) is 0 Å².